The van der Waals surface area contributed by atoms with Gasteiger partial charge < -0.3 is 30.5 Å². The van der Waals surface area contributed by atoms with Crippen molar-refractivity contribution in [2.75, 3.05) is 19.8 Å². The van der Waals surface area contributed by atoms with E-state index in [0.29, 0.717) is 11.8 Å². The Bertz CT molecular complexity index is 506. The SMILES string of the molecule is CS[C@H]1O[C@H]([C@H](NC(=O)[C@@H]2C[C@@H](C(C)C)CN2C)[C@@H](C)O)[C@H](O)[C@H](O)[C@H]1O. The molecule has 2 saturated heterocycles. The largest absolute Gasteiger partial charge is 0.391 e. The molecule has 8 nitrogen and oxygen atoms in total. The normalized spacial score (nSPS) is 40.1. The van der Waals surface area contributed by atoms with Crippen molar-refractivity contribution in [1.82, 2.24) is 10.2 Å². The fourth-order valence-corrected chi connectivity index (χ4v) is 4.61. The van der Waals surface area contributed by atoms with E-state index in [0.717, 1.165) is 13.0 Å². The van der Waals surface area contributed by atoms with Crippen LogP contribution in [0.3, 0.4) is 0 Å². The molecule has 0 radical (unpaired) electrons. The van der Waals surface area contributed by atoms with Crippen LogP contribution in [0.4, 0.5) is 0 Å². The molecule has 0 aromatic carbocycles. The van der Waals surface area contributed by atoms with E-state index in [1.807, 2.05) is 11.9 Å². The van der Waals surface area contributed by atoms with E-state index in [9.17, 15) is 25.2 Å². The number of carbonyl (C=O) groups excluding carboxylic acids is 1. The quantitative estimate of drug-likeness (QED) is 0.381. The predicted octanol–water partition coefficient (Wildman–Crippen LogP) is -1.00. The molecule has 0 aliphatic carbocycles. The summed E-state index contributed by atoms with van der Waals surface area (Å²) in [6.07, 6.45) is -3.68. The van der Waals surface area contributed by atoms with E-state index in [1.54, 1.807) is 6.26 Å². The second kappa shape index (κ2) is 9.39. The van der Waals surface area contributed by atoms with Gasteiger partial charge >= 0.3 is 0 Å². The van der Waals surface area contributed by atoms with Crippen LogP contribution in [0.25, 0.3) is 0 Å². The molecule has 2 rings (SSSR count). The Balaban J connectivity index is 2.12. The number of rotatable bonds is 6. The molecule has 9 heteroatoms. The number of thioether (sulfide) groups is 1. The van der Waals surface area contributed by atoms with Crippen molar-refractivity contribution >= 4 is 17.7 Å². The Morgan fingerprint density at radius 1 is 1.19 bits per heavy atom. The molecular weight excluding hydrogens is 372 g/mol. The maximum Gasteiger partial charge on any atom is 0.237 e. The van der Waals surface area contributed by atoms with Crippen LogP contribution in [0.2, 0.25) is 0 Å². The first kappa shape index (κ1) is 22.9. The summed E-state index contributed by atoms with van der Waals surface area (Å²) in [7, 11) is 1.90. The number of nitrogens with one attached hydrogen (secondary N) is 1. The molecule has 0 spiro atoms. The molecule has 27 heavy (non-hydrogen) atoms. The lowest BCUT2D eigenvalue weighted by Gasteiger charge is -2.44. The van der Waals surface area contributed by atoms with Gasteiger partial charge in [0.05, 0.1) is 18.2 Å². The third-order valence-electron chi connectivity index (χ3n) is 5.85. The Morgan fingerprint density at radius 2 is 1.81 bits per heavy atom. The zero-order valence-corrected chi connectivity index (χ0v) is 17.5. The van der Waals surface area contributed by atoms with Crippen LogP contribution in [-0.4, -0.2) is 99.1 Å². The van der Waals surface area contributed by atoms with Gasteiger partial charge in [0.15, 0.2) is 0 Å². The number of ether oxygens (including phenoxy) is 1. The van der Waals surface area contributed by atoms with Crippen molar-refractivity contribution < 1.29 is 30.0 Å². The van der Waals surface area contributed by atoms with Gasteiger partial charge in [-0.25, -0.2) is 0 Å². The molecule has 0 unspecified atom stereocenters. The van der Waals surface area contributed by atoms with Crippen molar-refractivity contribution in [3.8, 4) is 0 Å². The van der Waals surface area contributed by atoms with Crippen LogP contribution >= 0.6 is 11.8 Å². The first-order valence-electron chi connectivity index (χ1n) is 9.49. The smallest absolute Gasteiger partial charge is 0.237 e. The molecule has 0 saturated carbocycles. The van der Waals surface area contributed by atoms with Gasteiger partial charge in [-0.3, -0.25) is 9.69 Å². The molecule has 1 amide bonds. The van der Waals surface area contributed by atoms with Crippen LogP contribution in [-0.2, 0) is 9.53 Å². The summed E-state index contributed by atoms with van der Waals surface area (Å²) in [6.45, 7) is 6.61. The zero-order valence-electron chi connectivity index (χ0n) is 16.6. The molecule has 0 aromatic heterocycles. The van der Waals surface area contributed by atoms with E-state index in [4.69, 9.17) is 4.74 Å². The predicted molar refractivity (Wildman–Crippen MR) is 103 cm³/mol. The van der Waals surface area contributed by atoms with Gasteiger partial charge in [0.2, 0.25) is 5.91 Å². The van der Waals surface area contributed by atoms with Crippen molar-refractivity contribution in [3.05, 3.63) is 0 Å². The third kappa shape index (κ3) is 4.95. The highest BCUT2D eigenvalue weighted by Crippen LogP contribution is 2.31. The minimum atomic E-state index is -1.42. The number of aliphatic hydroxyl groups excluding tert-OH is 4. The monoisotopic (exact) mass is 406 g/mol. The molecule has 2 heterocycles. The molecule has 9 atom stereocenters. The van der Waals surface area contributed by atoms with Gasteiger partial charge in [0.25, 0.3) is 0 Å². The fourth-order valence-electron chi connectivity index (χ4n) is 3.93. The minimum Gasteiger partial charge on any atom is -0.391 e. The second-order valence-corrected chi connectivity index (χ2v) is 9.08. The third-order valence-corrected chi connectivity index (χ3v) is 6.70. The van der Waals surface area contributed by atoms with Gasteiger partial charge in [-0.15, -0.1) is 11.8 Å². The van der Waals surface area contributed by atoms with Crippen molar-refractivity contribution in [2.45, 2.75) is 75.2 Å². The van der Waals surface area contributed by atoms with Gasteiger partial charge in [-0.2, -0.15) is 0 Å². The Kier molecular flexibility index (Phi) is 7.95. The summed E-state index contributed by atoms with van der Waals surface area (Å²) in [4.78, 5) is 14.9. The molecule has 2 fully saturated rings. The number of amides is 1. The number of hydrogen-bond donors (Lipinski definition) is 5. The first-order valence-corrected chi connectivity index (χ1v) is 10.8. The molecule has 158 valence electrons. The van der Waals surface area contributed by atoms with Gasteiger partial charge in [0.1, 0.15) is 29.9 Å². The lowest BCUT2D eigenvalue weighted by Crippen LogP contribution is -2.65. The van der Waals surface area contributed by atoms with Crippen molar-refractivity contribution in [1.29, 1.82) is 0 Å². The minimum absolute atomic E-state index is 0.233. The molecular formula is C18H34N2O6S. The van der Waals surface area contributed by atoms with E-state index in [2.05, 4.69) is 19.2 Å². The summed E-state index contributed by atoms with van der Waals surface area (Å²) < 4.78 is 5.72. The lowest BCUT2D eigenvalue weighted by molar-refractivity contribution is -0.211. The lowest BCUT2D eigenvalue weighted by atomic mass is 9.91. The van der Waals surface area contributed by atoms with Crippen LogP contribution < -0.4 is 5.32 Å². The molecule has 0 bridgehead atoms. The van der Waals surface area contributed by atoms with Crippen LogP contribution in [0.1, 0.15) is 27.2 Å². The number of hydrogen-bond acceptors (Lipinski definition) is 8. The molecule has 2 aliphatic rings. The number of nitrogens with zero attached hydrogens (tertiary/aromatic N) is 1. The average molecular weight is 407 g/mol. The van der Waals surface area contributed by atoms with Crippen LogP contribution in [0.5, 0.6) is 0 Å². The molecule has 5 N–H and O–H groups in total. The van der Waals surface area contributed by atoms with E-state index in [-0.39, 0.29) is 11.9 Å². The average Bonchev–Trinajstić information content (AvgIpc) is 3.00. The van der Waals surface area contributed by atoms with Gasteiger partial charge in [-0.1, -0.05) is 13.8 Å². The fraction of sp³-hybridized carbons (Fsp3) is 0.944. The summed E-state index contributed by atoms with van der Waals surface area (Å²) >= 11 is 1.19. The summed E-state index contributed by atoms with van der Waals surface area (Å²) in [5, 5.41) is 43.5. The maximum atomic E-state index is 12.9. The topological polar surface area (TPSA) is 122 Å². The zero-order chi connectivity index (χ0) is 20.5. The highest BCUT2D eigenvalue weighted by atomic mass is 32.2. The van der Waals surface area contributed by atoms with E-state index < -0.39 is 42.0 Å². The number of likely N-dealkylation sites (tertiary alicyclic amines) is 1. The highest BCUT2D eigenvalue weighted by molar-refractivity contribution is 7.99. The Hall–Kier alpha value is -0.420. The number of likely N-dealkylation sites (N-methyl/N-ethyl adjacent to an activating group) is 1. The maximum absolute atomic E-state index is 12.9. The Labute approximate surface area is 165 Å². The standard InChI is InChI=1S/C18H34N2O6S/c1-8(2)10-6-11(20(4)7-10)17(25)19-12(9(3)21)16-14(23)13(22)15(24)18(26-16)27-5/h8-16,18,21-24H,6-7H2,1-5H3,(H,19,25)/t9-,10-,11+,12-,13+,14-,15-,16-,18-/m1/s1. The van der Waals surface area contributed by atoms with Crippen LogP contribution in [0, 0.1) is 11.8 Å². The molecule has 2 aliphatic heterocycles. The summed E-state index contributed by atoms with van der Waals surface area (Å²) in [5.41, 5.74) is -0.758. The van der Waals surface area contributed by atoms with Crippen molar-refractivity contribution in [3.63, 3.8) is 0 Å². The second-order valence-electron chi connectivity index (χ2n) is 8.15. The molecule has 0 aromatic rings. The van der Waals surface area contributed by atoms with Crippen molar-refractivity contribution in [2.24, 2.45) is 11.8 Å². The summed E-state index contributed by atoms with van der Waals surface area (Å²) in [6, 6.07) is -1.22. The highest BCUT2D eigenvalue weighted by Gasteiger charge is 2.48. The van der Waals surface area contributed by atoms with E-state index >= 15 is 0 Å². The number of carbonyl (C=O) groups is 1. The van der Waals surface area contributed by atoms with E-state index in [1.165, 1.54) is 18.7 Å². The van der Waals surface area contributed by atoms with Crippen LogP contribution in [0.15, 0.2) is 0 Å². The van der Waals surface area contributed by atoms with Gasteiger partial charge in [0, 0.05) is 6.54 Å². The first-order chi connectivity index (χ1) is 12.6. The number of aliphatic hydroxyl groups is 4. The summed E-state index contributed by atoms with van der Waals surface area (Å²) in [5.74, 6) is 0.661. The van der Waals surface area contributed by atoms with Gasteiger partial charge in [-0.05, 0) is 38.5 Å². The Morgan fingerprint density at radius 3 is 2.30 bits per heavy atom.